The Morgan fingerprint density at radius 1 is 0.976 bits per heavy atom. The van der Waals surface area contributed by atoms with Gasteiger partial charge in [0.2, 0.25) is 0 Å². The fourth-order valence-corrected chi connectivity index (χ4v) is 5.84. The van der Waals surface area contributed by atoms with Gasteiger partial charge in [0, 0.05) is 52.8 Å². The molecule has 6 nitrogen and oxygen atoms in total. The molecule has 0 bridgehead atoms. The highest BCUT2D eigenvalue weighted by molar-refractivity contribution is 6.24. The number of hydrogen-bond donors (Lipinski definition) is 0. The van der Waals surface area contributed by atoms with Crippen LogP contribution in [-0.2, 0) is 13.4 Å². The second kappa shape index (κ2) is 9.25. The Labute approximate surface area is 251 Å². The van der Waals surface area contributed by atoms with E-state index in [0.29, 0.717) is 45.2 Å². The number of hydrogen-bond acceptors (Lipinski definition) is 5. The number of furan rings is 1. The molecule has 7 aromatic rings. The molecule has 0 saturated carbocycles. The molecule has 7 rings (SSSR count). The van der Waals surface area contributed by atoms with E-state index in [9.17, 15) is 5.26 Å². The van der Waals surface area contributed by atoms with Crippen LogP contribution in [0.25, 0.3) is 66.1 Å². The number of fused-ring (bicyclic) bond motifs is 7. The van der Waals surface area contributed by atoms with Crippen molar-refractivity contribution in [1.29, 1.82) is 5.26 Å². The number of para-hydroxylation sites is 1. The van der Waals surface area contributed by atoms with Crippen LogP contribution in [-0.4, -0.2) is 19.7 Å². The van der Waals surface area contributed by atoms with E-state index < -0.39 is 18.6 Å². The first-order valence-electron chi connectivity index (χ1n) is 16.2. The molecule has 42 heavy (non-hydrogen) atoms. The molecule has 0 aliphatic rings. The van der Waals surface area contributed by atoms with Gasteiger partial charge in [-0.1, -0.05) is 57.2 Å². The molecule has 0 amide bonds. The van der Waals surface area contributed by atoms with Gasteiger partial charge < -0.3 is 4.42 Å². The summed E-state index contributed by atoms with van der Waals surface area (Å²) in [7, 11) is 1.81. The largest absolute Gasteiger partial charge is 0.455 e. The summed E-state index contributed by atoms with van der Waals surface area (Å²) in [6.45, 7) is 4.52. The Morgan fingerprint density at radius 3 is 2.45 bits per heavy atom. The number of nitriles is 1. The molecule has 0 radical (unpaired) electrons. The Hall–Kier alpha value is -5.02. The van der Waals surface area contributed by atoms with Gasteiger partial charge in [0.15, 0.2) is 5.82 Å². The standard InChI is InChI=1S/C36H31N5O/c1-20-19-38-31(16-23(20)17-36(3,4)5)29-9-7-8-26-27-13-11-22-10-12-24-25(32(22)34(27)42-33(26)29)14-15-28(30(24)18-37)35-39-21(2)40-41(35)6/h7-16,19H,17H2,1-6H3/i1D3,17D2. The molecular weight excluding hydrogens is 518 g/mol. The first-order chi connectivity index (χ1) is 22.1. The summed E-state index contributed by atoms with van der Waals surface area (Å²) in [6, 6.07) is 21.5. The van der Waals surface area contributed by atoms with Crippen molar-refractivity contribution in [2.24, 2.45) is 12.5 Å². The van der Waals surface area contributed by atoms with E-state index in [1.807, 2.05) is 68.6 Å². The zero-order chi connectivity index (χ0) is 33.6. The highest BCUT2D eigenvalue weighted by Crippen LogP contribution is 2.42. The first kappa shape index (κ1) is 20.8. The molecule has 0 saturated heterocycles. The van der Waals surface area contributed by atoms with E-state index in [2.05, 4.69) is 21.1 Å². The zero-order valence-corrected chi connectivity index (χ0v) is 24.0. The van der Waals surface area contributed by atoms with Crippen molar-refractivity contribution in [2.75, 3.05) is 0 Å². The topological polar surface area (TPSA) is 80.5 Å². The molecule has 0 unspecified atom stereocenters. The molecule has 3 heterocycles. The van der Waals surface area contributed by atoms with Crippen molar-refractivity contribution in [3.8, 4) is 28.7 Å². The molecule has 0 spiro atoms. The van der Waals surface area contributed by atoms with Crippen molar-refractivity contribution in [3.05, 3.63) is 89.4 Å². The molecule has 0 fully saturated rings. The van der Waals surface area contributed by atoms with E-state index >= 15 is 0 Å². The third kappa shape index (κ3) is 4.04. The maximum Gasteiger partial charge on any atom is 0.159 e. The smallest absolute Gasteiger partial charge is 0.159 e. The van der Waals surface area contributed by atoms with Crippen LogP contribution in [0, 0.1) is 30.5 Å². The maximum atomic E-state index is 10.3. The summed E-state index contributed by atoms with van der Waals surface area (Å²) in [4.78, 5) is 9.09. The van der Waals surface area contributed by atoms with E-state index in [1.165, 1.54) is 6.20 Å². The third-order valence-electron chi connectivity index (χ3n) is 7.55. The molecule has 4 aromatic carbocycles. The Morgan fingerprint density at radius 2 is 1.74 bits per heavy atom. The lowest BCUT2D eigenvalue weighted by Crippen LogP contribution is -2.10. The van der Waals surface area contributed by atoms with Crippen LogP contribution >= 0.6 is 0 Å². The molecule has 0 aliphatic heterocycles. The van der Waals surface area contributed by atoms with Gasteiger partial charge in [-0.3, -0.25) is 4.98 Å². The van der Waals surface area contributed by atoms with Gasteiger partial charge in [-0.2, -0.15) is 10.4 Å². The SMILES string of the molecule is [2H]C([2H])([2H])c1cnc(-c2cccc3c2oc2c3ccc3ccc4c(C#N)c(-c5nc(C)nn5C)ccc4c32)cc1C([2H])([2H])C(C)(C)C. The van der Waals surface area contributed by atoms with Crippen LogP contribution in [0.15, 0.2) is 71.3 Å². The number of rotatable bonds is 3. The van der Waals surface area contributed by atoms with Crippen molar-refractivity contribution < 1.29 is 11.3 Å². The summed E-state index contributed by atoms with van der Waals surface area (Å²) in [5.41, 5.74) is 2.50. The van der Waals surface area contributed by atoms with Crippen LogP contribution in [0.2, 0.25) is 0 Å². The monoisotopic (exact) mass is 554 g/mol. The van der Waals surface area contributed by atoms with E-state index in [-0.39, 0.29) is 11.1 Å². The van der Waals surface area contributed by atoms with Crippen molar-refractivity contribution in [3.63, 3.8) is 0 Å². The lowest BCUT2D eigenvalue weighted by Gasteiger charge is -2.20. The maximum absolute atomic E-state index is 10.3. The fourth-order valence-electron chi connectivity index (χ4n) is 5.84. The first-order valence-corrected chi connectivity index (χ1v) is 13.7. The normalized spacial score (nSPS) is 14.5. The summed E-state index contributed by atoms with van der Waals surface area (Å²) in [5, 5.41) is 19.8. The quantitative estimate of drug-likeness (QED) is 0.204. The molecule has 0 N–H and O–H groups in total. The van der Waals surface area contributed by atoms with Crippen LogP contribution in [0.1, 0.15) is 50.1 Å². The Bertz CT molecular complexity index is 2460. The average Bonchev–Trinajstić information content (AvgIpc) is 3.57. The molecule has 0 atom stereocenters. The van der Waals surface area contributed by atoms with Crippen LogP contribution < -0.4 is 0 Å². The minimum atomic E-state index is -2.54. The van der Waals surface area contributed by atoms with Gasteiger partial charge >= 0.3 is 0 Å². The van der Waals surface area contributed by atoms with Crippen LogP contribution in [0.4, 0.5) is 0 Å². The van der Waals surface area contributed by atoms with Crippen LogP contribution in [0.5, 0.6) is 0 Å². The second-order valence-corrected chi connectivity index (χ2v) is 11.7. The molecule has 206 valence electrons. The minimum Gasteiger partial charge on any atom is -0.455 e. The molecule has 6 heteroatoms. The summed E-state index contributed by atoms with van der Waals surface area (Å²) in [5.74, 6) is 1.23. The molecule has 3 aromatic heterocycles. The Balaban J connectivity index is 1.50. The highest BCUT2D eigenvalue weighted by atomic mass is 16.3. The lowest BCUT2D eigenvalue weighted by atomic mass is 9.86. The Kier molecular flexibility index (Phi) is 4.58. The molecular formula is C36H31N5O. The summed E-state index contributed by atoms with van der Waals surface area (Å²) < 4.78 is 50.6. The number of nitrogens with zero attached hydrogens (tertiary/aromatic N) is 5. The van der Waals surface area contributed by atoms with E-state index in [1.54, 1.807) is 31.5 Å². The number of benzene rings is 4. The number of aromatic nitrogens is 4. The second-order valence-electron chi connectivity index (χ2n) is 11.7. The van der Waals surface area contributed by atoms with Gasteiger partial charge in [0.05, 0.1) is 11.3 Å². The number of aryl methyl sites for hydroxylation is 3. The fraction of sp³-hybridized carbons (Fsp3) is 0.222. The highest BCUT2D eigenvalue weighted by Gasteiger charge is 2.21. The van der Waals surface area contributed by atoms with Crippen LogP contribution in [0.3, 0.4) is 0 Å². The average molecular weight is 555 g/mol. The van der Waals surface area contributed by atoms with Crippen molar-refractivity contribution in [2.45, 2.75) is 40.9 Å². The predicted molar refractivity (Wildman–Crippen MR) is 169 cm³/mol. The van der Waals surface area contributed by atoms with Gasteiger partial charge in [-0.15, -0.1) is 0 Å². The van der Waals surface area contributed by atoms with Gasteiger partial charge in [-0.05, 0) is 71.7 Å². The van der Waals surface area contributed by atoms with Gasteiger partial charge in [-0.25, -0.2) is 9.67 Å². The van der Waals surface area contributed by atoms with Gasteiger partial charge in [0.1, 0.15) is 23.1 Å². The van der Waals surface area contributed by atoms with E-state index in [4.69, 9.17) is 11.3 Å². The lowest BCUT2D eigenvalue weighted by molar-refractivity contribution is 0.410. The minimum absolute atomic E-state index is 0.0810. The van der Waals surface area contributed by atoms with E-state index in [0.717, 1.165) is 32.3 Å². The van der Waals surface area contributed by atoms with Crippen molar-refractivity contribution in [1.82, 2.24) is 19.7 Å². The summed E-state index contributed by atoms with van der Waals surface area (Å²) >= 11 is 0. The summed E-state index contributed by atoms with van der Waals surface area (Å²) in [6.07, 6.45) is -0.697. The predicted octanol–water partition coefficient (Wildman–Crippen LogP) is 8.83. The van der Waals surface area contributed by atoms with Crippen molar-refractivity contribution >= 4 is 43.5 Å². The van der Waals surface area contributed by atoms with Gasteiger partial charge in [0.25, 0.3) is 0 Å². The third-order valence-corrected chi connectivity index (χ3v) is 7.55. The number of pyridine rings is 1. The molecule has 0 aliphatic carbocycles. The zero-order valence-electron chi connectivity index (χ0n) is 29.0.